The molecule has 0 saturated carbocycles. The molecule has 1 amide bonds. The Labute approximate surface area is 166 Å². The number of nitrogens with one attached hydrogen (secondary N) is 1. The zero-order valence-corrected chi connectivity index (χ0v) is 15.4. The first-order valence-electron chi connectivity index (χ1n) is 8.32. The van der Waals surface area contributed by atoms with Crippen LogP contribution in [0.15, 0.2) is 48.8 Å². The van der Waals surface area contributed by atoms with Gasteiger partial charge in [0.15, 0.2) is 5.65 Å². The highest BCUT2D eigenvalue weighted by atomic mass is 32.1. The largest absolute Gasteiger partial charge is 0.478 e. The van der Waals surface area contributed by atoms with Gasteiger partial charge in [-0.05, 0) is 18.2 Å². The maximum absolute atomic E-state index is 14.3. The van der Waals surface area contributed by atoms with Crippen LogP contribution >= 0.6 is 11.3 Å². The van der Waals surface area contributed by atoms with Crippen LogP contribution in [-0.4, -0.2) is 37.1 Å². The van der Waals surface area contributed by atoms with Crippen molar-refractivity contribution >= 4 is 34.4 Å². The predicted octanol–water partition coefficient (Wildman–Crippen LogP) is 4.05. The number of carboxylic acid groups (broad SMARTS) is 1. The van der Waals surface area contributed by atoms with Gasteiger partial charge in [-0.3, -0.25) is 4.79 Å². The fourth-order valence-corrected chi connectivity index (χ4v) is 3.63. The van der Waals surface area contributed by atoms with Gasteiger partial charge in [-0.15, -0.1) is 11.3 Å². The summed E-state index contributed by atoms with van der Waals surface area (Å²) in [7, 11) is 0. The molecule has 3 aromatic heterocycles. The van der Waals surface area contributed by atoms with Crippen molar-refractivity contribution in [2.75, 3.05) is 0 Å². The molecule has 29 heavy (non-hydrogen) atoms. The van der Waals surface area contributed by atoms with Gasteiger partial charge < -0.3 is 10.1 Å². The van der Waals surface area contributed by atoms with Crippen LogP contribution in [0.2, 0.25) is 0 Å². The van der Waals surface area contributed by atoms with E-state index in [2.05, 4.69) is 15.0 Å². The number of carbonyl (C=O) groups excluding carboxylic acids is 1. The van der Waals surface area contributed by atoms with Crippen LogP contribution < -0.4 is 0 Å². The van der Waals surface area contributed by atoms with Crippen LogP contribution in [0.4, 0.5) is 8.87 Å². The average molecular weight is 414 g/mol. The lowest BCUT2D eigenvalue weighted by Crippen LogP contribution is -2.21. The van der Waals surface area contributed by atoms with E-state index in [0.29, 0.717) is 16.2 Å². The molecular formula is C19H12F2N4O3S. The number of carbonyl (C=O) groups is 2. The maximum Gasteiger partial charge on any atom is 0.339 e. The van der Waals surface area contributed by atoms with Crippen molar-refractivity contribution in [3.05, 3.63) is 70.6 Å². The van der Waals surface area contributed by atoms with Crippen LogP contribution in [0.1, 0.15) is 25.6 Å². The third-order valence-electron chi connectivity index (χ3n) is 4.17. The standard InChI is InChI=1S/C19H12F2N4O3S/c20-12-4-2-1-3-10(12)9-25(21)18(26)15-6-5-14(29-15)13-8-23-17-16(24-13)11(7-22-17)19(27)28/h1-8H,9H2,(H,22,23)(H,27,28). The number of fused-ring (bicyclic) bond motifs is 1. The van der Waals surface area contributed by atoms with Gasteiger partial charge in [0.05, 0.1) is 28.2 Å². The van der Waals surface area contributed by atoms with E-state index in [9.17, 15) is 23.6 Å². The normalized spacial score (nSPS) is 11.0. The molecule has 0 aliphatic heterocycles. The highest BCUT2D eigenvalue weighted by Gasteiger charge is 2.21. The molecule has 10 heteroatoms. The van der Waals surface area contributed by atoms with Gasteiger partial charge in [-0.25, -0.2) is 19.2 Å². The molecule has 0 spiro atoms. The fraction of sp³-hybridized carbons (Fsp3) is 0.0526. The Morgan fingerprint density at radius 1 is 1.21 bits per heavy atom. The Hall–Kier alpha value is -3.66. The highest BCUT2D eigenvalue weighted by Crippen LogP contribution is 2.29. The van der Waals surface area contributed by atoms with Crippen molar-refractivity contribution in [2.45, 2.75) is 6.54 Å². The molecule has 0 unspecified atom stereocenters. The van der Waals surface area contributed by atoms with Crippen molar-refractivity contribution < 1.29 is 23.6 Å². The molecule has 4 aromatic rings. The quantitative estimate of drug-likeness (QED) is 0.480. The number of rotatable bonds is 5. The third-order valence-corrected chi connectivity index (χ3v) is 5.26. The minimum absolute atomic E-state index is 0.0259. The molecule has 1 aromatic carbocycles. The van der Waals surface area contributed by atoms with E-state index in [1.165, 1.54) is 36.7 Å². The Balaban J connectivity index is 1.58. The number of aromatic nitrogens is 3. The second-order valence-corrected chi connectivity index (χ2v) is 7.12. The number of H-pyrrole nitrogens is 1. The van der Waals surface area contributed by atoms with Gasteiger partial charge in [-0.2, -0.15) is 5.12 Å². The smallest absolute Gasteiger partial charge is 0.339 e. The van der Waals surface area contributed by atoms with Crippen LogP contribution in [0, 0.1) is 5.82 Å². The van der Waals surface area contributed by atoms with Crippen molar-refractivity contribution in [3.63, 3.8) is 0 Å². The lowest BCUT2D eigenvalue weighted by Gasteiger charge is -2.11. The summed E-state index contributed by atoms with van der Waals surface area (Å²) in [5, 5.41) is 9.15. The molecular weight excluding hydrogens is 402 g/mol. The molecule has 0 atom stereocenters. The Kier molecular flexibility index (Phi) is 4.77. The Morgan fingerprint density at radius 3 is 2.76 bits per heavy atom. The van der Waals surface area contributed by atoms with E-state index in [0.717, 1.165) is 11.3 Å². The van der Waals surface area contributed by atoms with Crippen molar-refractivity contribution in [1.29, 1.82) is 0 Å². The number of nitrogens with zero attached hydrogens (tertiary/aromatic N) is 3. The monoisotopic (exact) mass is 414 g/mol. The van der Waals surface area contributed by atoms with Gasteiger partial charge in [-0.1, -0.05) is 22.7 Å². The molecule has 0 fully saturated rings. The number of aromatic amines is 1. The molecule has 3 heterocycles. The topological polar surface area (TPSA) is 99.2 Å². The van der Waals surface area contributed by atoms with E-state index in [4.69, 9.17) is 0 Å². The van der Waals surface area contributed by atoms with Crippen LogP contribution in [-0.2, 0) is 6.54 Å². The van der Waals surface area contributed by atoms with Crippen molar-refractivity contribution in [1.82, 2.24) is 20.1 Å². The van der Waals surface area contributed by atoms with Crippen molar-refractivity contribution in [3.8, 4) is 10.6 Å². The molecule has 2 N–H and O–H groups in total. The predicted molar refractivity (Wildman–Crippen MR) is 102 cm³/mol. The van der Waals surface area contributed by atoms with Gasteiger partial charge in [0.25, 0.3) is 5.91 Å². The zero-order valence-electron chi connectivity index (χ0n) is 14.6. The van der Waals surface area contributed by atoms with E-state index in [1.54, 1.807) is 12.1 Å². The first kappa shape index (κ1) is 18.7. The summed E-state index contributed by atoms with van der Waals surface area (Å²) in [6.07, 6.45) is 2.72. The molecule has 0 bridgehead atoms. The number of amides is 1. The van der Waals surface area contributed by atoms with E-state index in [-0.39, 0.29) is 26.6 Å². The first-order valence-corrected chi connectivity index (χ1v) is 9.14. The second kappa shape index (κ2) is 7.40. The summed E-state index contributed by atoms with van der Waals surface area (Å²) in [5.74, 6) is -2.66. The van der Waals surface area contributed by atoms with Gasteiger partial charge in [0.1, 0.15) is 16.9 Å². The summed E-state index contributed by atoms with van der Waals surface area (Å²) < 4.78 is 28.0. The number of carboxylic acids is 1. The Morgan fingerprint density at radius 2 is 2.00 bits per heavy atom. The number of hydrogen-bond donors (Lipinski definition) is 2. The van der Waals surface area contributed by atoms with Crippen LogP contribution in [0.3, 0.4) is 0 Å². The number of aromatic carboxylic acids is 1. The van der Waals surface area contributed by atoms with Crippen LogP contribution in [0.25, 0.3) is 21.7 Å². The molecule has 7 nitrogen and oxygen atoms in total. The van der Waals surface area contributed by atoms with Crippen molar-refractivity contribution in [2.24, 2.45) is 0 Å². The molecule has 4 rings (SSSR count). The maximum atomic E-state index is 14.3. The van der Waals surface area contributed by atoms with E-state index in [1.807, 2.05) is 0 Å². The second-order valence-electron chi connectivity index (χ2n) is 6.04. The number of hydrogen-bond acceptors (Lipinski definition) is 5. The van der Waals surface area contributed by atoms with Gasteiger partial charge >= 0.3 is 5.97 Å². The average Bonchev–Trinajstić information content (AvgIpc) is 3.35. The van der Waals surface area contributed by atoms with Crippen LogP contribution in [0.5, 0.6) is 0 Å². The first-order chi connectivity index (χ1) is 13.9. The van der Waals surface area contributed by atoms with E-state index < -0.39 is 24.2 Å². The summed E-state index contributed by atoms with van der Waals surface area (Å²) >= 11 is 0.977. The highest BCUT2D eigenvalue weighted by molar-refractivity contribution is 7.17. The molecule has 0 aliphatic carbocycles. The summed E-state index contributed by atoms with van der Waals surface area (Å²) in [4.78, 5) is 35.3. The molecule has 0 aliphatic rings. The minimum Gasteiger partial charge on any atom is -0.478 e. The number of benzene rings is 1. The van der Waals surface area contributed by atoms with Gasteiger partial charge in [0, 0.05) is 11.8 Å². The van der Waals surface area contributed by atoms with E-state index >= 15 is 0 Å². The SMILES string of the molecule is O=C(O)c1c[nH]c2ncc(-c3ccc(C(=O)N(F)Cc4ccccc4F)s3)nc12. The Bertz CT molecular complexity index is 1240. The lowest BCUT2D eigenvalue weighted by atomic mass is 10.2. The number of halogens is 2. The fourth-order valence-electron chi connectivity index (χ4n) is 2.73. The molecule has 146 valence electrons. The third kappa shape index (κ3) is 3.57. The summed E-state index contributed by atoms with van der Waals surface area (Å²) in [6, 6.07) is 8.62. The summed E-state index contributed by atoms with van der Waals surface area (Å²) in [5.41, 5.74) is 0.886. The summed E-state index contributed by atoms with van der Waals surface area (Å²) in [6.45, 7) is -0.518. The van der Waals surface area contributed by atoms with Gasteiger partial charge in [0.2, 0.25) is 0 Å². The lowest BCUT2D eigenvalue weighted by molar-refractivity contribution is 0.0148. The number of thiophene rings is 1. The molecule has 0 saturated heterocycles. The zero-order chi connectivity index (χ0) is 20.5. The minimum atomic E-state index is -1.15. The molecule has 0 radical (unpaired) electrons.